The topological polar surface area (TPSA) is 44.8 Å². The number of rotatable bonds is 6. The average molecular weight is 316 g/mol. The maximum atomic E-state index is 13.1. The van der Waals surface area contributed by atoms with Crippen molar-refractivity contribution in [2.24, 2.45) is 0 Å². The molecule has 2 rings (SSSR count). The monoisotopic (exact) mass is 316 g/mol. The molecule has 0 spiro atoms. The van der Waals surface area contributed by atoms with Crippen LogP contribution in [0.15, 0.2) is 48.5 Å². The Bertz CT molecular complexity index is 710. The first-order valence-electron chi connectivity index (χ1n) is 6.93. The number of carbonyl (C=O) groups excluding carboxylic acids is 1. The maximum Gasteiger partial charge on any atom is 0.330 e. The molecule has 0 amide bonds. The molecule has 5 heteroatoms. The van der Waals surface area contributed by atoms with Crippen LogP contribution in [0.5, 0.6) is 11.5 Å². The van der Waals surface area contributed by atoms with Crippen molar-refractivity contribution < 1.29 is 23.4 Å². The van der Waals surface area contributed by atoms with Crippen molar-refractivity contribution in [1.82, 2.24) is 0 Å². The Kier molecular flexibility index (Phi) is 5.74. The van der Waals surface area contributed by atoms with E-state index >= 15 is 0 Å². The molecule has 0 saturated heterocycles. The molecule has 0 N–H and O–H groups in total. The van der Waals surface area contributed by atoms with Crippen molar-refractivity contribution in [3.63, 3.8) is 0 Å². The average Bonchev–Trinajstić information content (AvgIpc) is 2.58. The van der Waals surface area contributed by atoms with Crippen LogP contribution < -0.4 is 9.47 Å². The lowest BCUT2D eigenvalue weighted by Gasteiger charge is -2.11. The summed E-state index contributed by atoms with van der Waals surface area (Å²) >= 11 is 0. The largest absolute Gasteiger partial charge is 0.493 e. The van der Waals surface area contributed by atoms with Crippen molar-refractivity contribution >= 4 is 12.0 Å². The van der Waals surface area contributed by atoms with Crippen molar-refractivity contribution in [3.05, 3.63) is 65.5 Å². The lowest BCUT2D eigenvalue weighted by Crippen LogP contribution is -1.98. The third-order valence-electron chi connectivity index (χ3n) is 3.08. The van der Waals surface area contributed by atoms with E-state index in [0.29, 0.717) is 11.5 Å². The molecule has 0 aliphatic rings. The van der Waals surface area contributed by atoms with Crippen LogP contribution in [0.4, 0.5) is 4.39 Å². The standard InChI is InChI=1S/C18H17FO4/c1-21-17-11-13(7-9-18(20)22-2)6-8-16(17)23-12-14-4-3-5-15(19)10-14/h3-11H,12H2,1-2H3/b9-7+. The van der Waals surface area contributed by atoms with Crippen LogP contribution in [-0.4, -0.2) is 20.2 Å². The summed E-state index contributed by atoms with van der Waals surface area (Å²) < 4.78 is 28.6. The molecular formula is C18H17FO4. The minimum Gasteiger partial charge on any atom is -0.493 e. The molecule has 0 aliphatic heterocycles. The molecule has 0 heterocycles. The van der Waals surface area contributed by atoms with Gasteiger partial charge in [-0.25, -0.2) is 9.18 Å². The first-order chi connectivity index (χ1) is 11.1. The van der Waals surface area contributed by atoms with Gasteiger partial charge in [-0.2, -0.15) is 0 Å². The van der Waals surface area contributed by atoms with Crippen molar-refractivity contribution in [3.8, 4) is 11.5 Å². The number of hydrogen-bond donors (Lipinski definition) is 0. The summed E-state index contributed by atoms with van der Waals surface area (Å²) in [4.78, 5) is 11.1. The minimum absolute atomic E-state index is 0.228. The number of halogens is 1. The van der Waals surface area contributed by atoms with Crippen LogP contribution in [0, 0.1) is 5.82 Å². The predicted molar refractivity (Wildman–Crippen MR) is 84.8 cm³/mol. The molecule has 120 valence electrons. The van der Waals surface area contributed by atoms with Gasteiger partial charge in [0.2, 0.25) is 0 Å². The van der Waals surface area contributed by atoms with E-state index in [-0.39, 0.29) is 12.4 Å². The van der Waals surface area contributed by atoms with Crippen LogP contribution in [0.3, 0.4) is 0 Å². The van der Waals surface area contributed by atoms with Crippen LogP contribution in [0.1, 0.15) is 11.1 Å². The summed E-state index contributed by atoms with van der Waals surface area (Å²) in [6, 6.07) is 11.5. The van der Waals surface area contributed by atoms with Gasteiger partial charge < -0.3 is 14.2 Å². The Hall–Kier alpha value is -2.82. The second-order valence-corrected chi connectivity index (χ2v) is 4.69. The number of methoxy groups -OCH3 is 2. The van der Waals surface area contributed by atoms with Crippen molar-refractivity contribution in [1.29, 1.82) is 0 Å². The van der Waals surface area contributed by atoms with E-state index in [1.165, 1.54) is 32.4 Å². The molecule has 2 aromatic rings. The second-order valence-electron chi connectivity index (χ2n) is 4.69. The number of ether oxygens (including phenoxy) is 3. The van der Waals surface area contributed by atoms with Gasteiger partial charge in [-0.1, -0.05) is 18.2 Å². The summed E-state index contributed by atoms with van der Waals surface area (Å²) in [5, 5.41) is 0. The Balaban J connectivity index is 2.10. The molecule has 0 radical (unpaired) electrons. The second kappa shape index (κ2) is 7.98. The highest BCUT2D eigenvalue weighted by molar-refractivity contribution is 5.87. The van der Waals surface area contributed by atoms with E-state index in [4.69, 9.17) is 9.47 Å². The number of hydrogen-bond acceptors (Lipinski definition) is 4. The third kappa shape index (κ3) is 4.85. The van der Waals surface area contributed by atoms with E-state index < -0.39 is 5.97 Å². The summed E-state index contributed by atoms with van der Waals surface area (Å²) in [6.07, 6.45) is 2.94. The quantitative estimate of drug-likeness (QED) is 0.603. The van der Waals surface area contributed by atoms with Crippen molar-refractivity contribution in [2.45, 2.75) is 6.61 Å². The van der Waals surface area contributed by atoms with E-state index in [1.807, 2.05) is 0 Å². The molecule has 0 atom stereocenters. The molecule has 0 aliphatic carbocycles. The Morgan fingerprint density at radius 3 is 2.65 bits per heavy atom. The van der Waals surface area contributed by atoms with E-state index in [9.17, 15) is 9.18 Å². The third-order valence-corrected chi connectivity index (χ3v) is 3.08. The Labute approximate surface area is 134 Å². The van der Waals surface area contributed by atoms with Crippen molar-refractivity contribution in [2.75, 3.05) is 14.2 Å². The SMILES string of the molecule is COC(=O)/C=C/c1ccc(OCc2cccc(F)c2)c(OC)c1. The van der Waals surface area contributed by atoms with Gasteiger partial charge in [0.15, 0.2) is 11.5 Å². The van der Waals surface area contributed by atoms with Crippen LogP contribution in [0.25, 0.3) is 6.08 Å². The Morgan fingerprint density at radius 2 is 1.96 bits per heavy atom. The summed E-state index contributed by atoms with van der Waals surface area (Å²) in [7, 11) is 2.84. The van der Waals surface area contributed by atoms with Gasteiger partial charge in [0.1, 0.15) is 12.4 Å². The molecule has 4 nitrogen and oxygen atoms in total. The van der Waals surface area contributed by atoms with E-state index in [2.05, 4.69) is 4.74 Å². The van der Waals surface area contributed by atoms with Gasteiger partial charge in [-0.15, -0.1) is 0 Å². The molecule has 0 aromatic heterocycles. The number of carbonyl (C=O) groups is 1. The fourth-order valence-corrected chi connectivity index (χ4v) is 1.93. The Morgan fingerprint density at radius 1 is 1.13 bits per heavy atom. The predicted octanol–water partition coefficient (Wildman–Crippen LogP) is 3.60. The highest BCUT2D eigenvalue weighted by Gasteiger charge is 2.06. The van der Waals surface area contributed by atoms with Crippen LogP contribution >= 0.6 is 0 Å². The normalized spacial score (nSPS) is 10.6. The first kappa shape index (κ1) is 16.5. The van der Waals surface area contributed by atoms with Gasteiger partial charge in [0.25, 0.3) is 0 Å². The summed E-state index contributed by atoms with van der Waals surface area (Å²) in [5.41, 5.74) is 1.49. The zero-order valence-electron chi connectivity index (χ0n) is 12.9. The summed E-state index contributed by atoms with van der Waals surface area (Å²) in [6.45, 7) is 0.228. The van der Waals surface area contributed by atoms with Gasteiger partial charge in [0, 0.05) is 6.08 Å². The molecule has 0 bridgehead atoms. The van der Waals surface area contributed by atoms with Gasteiger partial charge in [0.05, 0.1) is 14.2 Å². The highest BCUT2D eigenvalue weighted by atomic mass is 19.1. The lowest BCUT2D eigenvalue weighted by atomic mass is 10.2. The van der Waals surface area contributed by atoms with E-state index in [0.717, 1.165) is 11.1 Å². The summed E-state index contributed by atoms with van der Waals surface area (Å²) in [5.74, 6) is 0.317. The number of benzene rings is 2. The van der Waals surface area contributed by atoms with Crippen LogP contribution in [-0.2, 0) is 16.1 Å². The van der Waals surface area contributed by atoms with Crippen LogP contribution in [0.2, 0.25) is 0 Å². The smallest absolute Gasteiger partial charge is 0.330 e. The van der Waals surface area contributed by atoms with E-state index in [1.54, 1.807) is 36.4 Å². The van der Waals surface area contributed by atoms with Gasteiger partial charge in [-0.3, -0.25) is 0 Å². The van der Waals surface area contributed by atoms with Gasteiger partial charge in [-0.05, 0) is 41.5 Å². The molecule has 0 unspecified atom stereocenters. The fraction of sp³-hybridized carbons (Fsp3) is 0.167. The molecular weight excluding hydrogens is 299 g/mol. The number of esters is 1. The molecule has 0 saturated carbocycles. The zero-order valence-corrected chi connectivity index (χ0v) is 12.9. The lowest BCUT2D eigenvalue weighted by molar-refractivity contribution is -0.134. The fourth-order valence-electron chi connectivity index (χ4n) is 1.93. The minimum atomic E-state index is -0.435. The molecule has 23 heavy (non-hydrogen) atoms. The molecule has 0 fully saturated rings. The first-order valence-corrected chi connectivity index (χ1v) is 6.93. The highest BCUT2D eigenvalue weighted by Crippen LogP contribution is 2.29. The zero-order chi connectivity index (χ0) is 16.7. The molecule has 2 aromatic carbocycles. The van der Waals surface area contributed by atoms with Gasteiger partial charge >= 0.3 is 5.97 Å². The maximum absolute atomic E-state index is 13.1.